The fraction of sp³-hybridized carbons (Fsp3) is 0.552. The molecular formula is C29H39NO5. The predicted octanol–water partition coefficient (Wildman–Crippen LogP) is 4.43. The number of nitrogens with one attached hydrogen (secondary N) is 1. The van der Waals surface area contributed by atoms with Crippen LogP contribution in [0.4, 0.5) is 0 Å². The van der Waals surface area contributed by atoms with Gasteiger partial charge in [-0.3, -0.25) is 14.4 Å². The summed E-state index contributed by atoms with van der Waals surface area (Å²) in [5.74, 6) is 0.355. The number of amides is 1. The fourth-order valence-electron chi connectivity index (χ4n) is 5.54. The molecule has 1 saturated heterocycles. The number of hydrogen-bond acceptors (Lipinski definition) is 5. The average molecular weight is 482 g/mol. The van der Waals surface area contributed by atoms with Crippen LogP contribution in [-0.2, 0) is 30.3 Å². The van der Waals surface area contributed by atoms with Crippen LogP contribution in [0.25, 0.3) is 0 Å². The van der Waals surface area contributed by atoms with Crippen molar-refractivity contribution in [3.8, 4) is 0 Å². The van der Waals surface area contributed by atoms with Crippen molar-refractivity contribution in [1.29, 1.82) is 0 Å². The first kappa shape index (κ1) is 26.9. The van der Waals surface area contributed by atoms with Crippen LogP contribution in [0.3, 0.4) is 0 Å². The monoisotopic (exact) mass is 481 g/mol. The van der Waals surface area contributed by atoms with E-state index in [1.54, 1.807) is 13.0 Å². The Balaban J connectivity index is 1.65. The number of ether oxygens (including phenoxy) is 2. The van der Waals surface area contributed by atoms with Crippen molar-refractivity contribution < 1.29 is 23.9 Å². The van der Waals surface area contributed by atoms with Crippen molar-refractivity contribution in [2.75, 3.05) is 7.11 Å². The maximum absolute atomic E-state index is 12.7. The summed E-state index contributed by atoms with van der Waals surface area (Å²) in [4.78, 5) is 35.4. The molecule has 190 valence electrons. The third-order valence-electron chi connectivity index (χ3n) is 7.98. The van der Waals surface area contributed by atoms with Crippen molar-refractivity contribution in [2.45, 2.75) is 71.1 Å². The van der Waals surface area contributed by atoms with E-state index >= 15 is 0 Å². The third kappa shape index (κ3) is 6.49. The van der Waals surface area contributed by atoms with Gasteiger partial charge in [-0.15, -0.1) is 0 Å². The van der Waals surface area contributed by atoms with E-state index in [1.807, 2.05) is 25.1 Å². The Morgan fingerprint density at radius 3 is 2.66 bits per heavy atom. The molecule has 3 rings (SSSR count). The number of Topliss-reactive ketones (excluding diaryl/α,β-unsaturated/α-hetero) is 1. The highest BCUT2D eigenvalue weighted by atomic mass is 16.6. The summed E-state index contributed by atoms with van der Waals surface area (Å²) in [6, 6.07) is 10.3. The zero-order valence-corrected chi connectivity index (χ0v) is 21.5. The summed E-state index contributed by atoms with van der Waals surface area (Å²) in [6.45, 7) is 8.07. The smallest absolute Gasteiger partial charge is 0.309 e. The van der Waals surface area contributed by atoms with Gasteiger partial charge in [-0.2, -0.15) is 0 Å². The number of carbonyl (C=O) groups excluding carboxylic acids is 3. The zero-order chi connectivity index (χ0) is 25.6. The molecule has 1 aromatic carbocycles. The fourth-order valence-corrected chi connectivity index (χ4v) is 5.54. The summed E-state index contributed by atoms with van der Waals surface area (Å²) in [5, 5.41) is 3.09. The highest BCUT2D eigenvalue weighted by Gasteiger charge is 2.64. The van der Waals surface area contributed by atoms with Crippen LogP contribution in [0.1, 0.15) is 52.5 Å². The number of ketones is 1. The van der Waals surface area contributed by atoms with Gasteiger partial charge in [0, 0.05) is 17.9 Å². The van der Waals surface area contributed by atoms with E-state index in [-0.39, 0.29) is 53.7 Å². The number of hydrogen-bond donors (Lipinski definition) is 1. The molecule has 1 aliphatic carbocycles. The Labute approximate surface area is 209 Å². The van der Waals surface area contributed by atoms with Gasteiger partial charge in [0.15, 0.2) is 5.78 Å². The molecule has 1 saturated carbocycles. The molecular weight excluding hydrogens is 442 g/mol. The van der Waals surface area contributed by atoms with E-state index in [9.17, 15) is 14.4 Å². The third-order valence-corrected chi connectivity index (χ3v) is 7.98. The largest absolute Gasteiger partial charge is 0.469 e. The number of methoxy groups -OCH3 is 1. The molecule has 7 atom stereocenters. The molecule has 0 bridgehead atoms. The molecule has 1 aliphatic heterocycles. The highest BCUT2D eigenvalue weighted by molar-refractivity contribution is 5.96. The Morgan fingerprint density at radius 2 is 2.00 bits per heavy atom. The Hall–Kier alpha value is -2.73. The van der Waals surface area contributed by atoms with E-state index in [2.05, 4.69) is 48.2 Å². The van der Waals surface area contributed by atoms with E-state index in [4.69, 9.17) is 4.74 Å². The predicted molar refractivity (Wildman–Crippen MR) is 135 cm³/mol. The van der Waals surface area contributed by atoms with Crippen molar-refractivity contribution in [1.82, 2.24) is 5.32 Å². The van der Waals surface area contributed by atoms with Gasteiger partial charge in [-0.25, -0.2) is 0 Å². The summed E-state index contributed by atoms with van der Waals surface area (Å²) >= 11 is 0. The van der Waals surface area contributed by atoms with Gasteiger partial charge in [-0.05, 0) is 56.1 Å². The van der Waals surface area contributed by atoms with E-state index in [0.717, 1.165) is 19.3 Å². The van der Waals surface area contributed by atoms with Crippen LogP contribution in [0.5, 0.6) is 0 Å². The number of carbonyl (C=O) groups is 3. The molecule has 0 radical (unpaired) electrons. The van der Waals surface area contributed by atoms with Crippen LogP contribution in [0, 0.1) is 23.7 Å². The van der Waals surface area contributed by atoms with Gasteiger partial charge in [0.2, 0.25) is 6.41 Å². The molecule has 1 amide bonds. The molecule has 0 aromatic heterocycles. The van der Waals surface area contributed by atoms with E-state index < -0.39 is 0 Å². The van der Waals surface area contributed by atoms with Crippen LogP contribution in [0.15, 0.2) is 54.1 Å². The Morgan fingerprint density at radius 1 is 1.29 bits per heavy atom. The highest BCUT2D eigenvalue weighted by Crippen LogP contribution is 2.56. The van der Waals surface area contributed by atoms with Crippen molar-refractivity contribution in [3.63, 3.8) is 0 Å². The first-order valence-corrected chi connectivity index (χ1v) is 12.6. The minimum absolute atomic E-state index is 0.0332. The van der Waals surface area contributed by atoms with Crippen LogP contribution >= 0.6 is 0 Å². The second-order valence-electron chi connectivity index (χ2n) is 10.3. The van der Waals surface area contributed by atoms with Crippen molar-refractivity contribution in [3.05, 3.63) is 59.7 Å². The van der Waals surface area contributed by atoms with Gasteiger partial charge in [-0.1, -0.05) is 62.4 Å². The van der Waals surface area contributed by atoms with E-state index in [1.165, 1.54) is 12.7 Å². The Bertz CT molecular complexity index is 955. The first-order valence-electron chi connectivity index (χ1n) is 12.6. The number of benzene rings is 1. The van der Waals surface area contributed by atoms with Gasteiger partial charge >= 0.3 is 5.97 Å². The second kappa shape index (κ2) is 11.8. The molecule has 1 aromatic rings. The summed E-state index contributed by atoms with van der Waals surface area (Å²) in [5.41, 5.74) is 1.61. The van der Waals surface area contributed by atoms with Gasteiger partial charge in [0.1, 0.15) is 0 Å². The summed E-state index contributed by atoms with van der Waals surface area (Å²) in [7, 11) is 1.34. The van der Waals surface area contributed by atoms with Crippen molar-refractivity contribution in [2.24, 2.45) is 23.7 Å². The van der Waals surface area contributed by atoms with Crippen LogP contribution in [-0.4, -0.2) is 43.0 Å². The lowest BCUT2D eigenvalue weighted by Crippen LogP contribution is -2.48. The minimum Gasteiger partial charge on any atom is -0.469 e. The molecule has 2 aliphatic rings. The lowest BCUT2D eigenvalue weighted by molar-refractivity contribution is -0.139. The first-order chi connectivity index (χ1) is 16.7. The number of allylic oxidation sites excluding steroid dienone is 2. The molecule has 35 heavy (non-hydrogen) atoms. The molecule has 6 nitrogen and oxygen atoms in total. The lowest BCUT2D eigenvalue weighted by atomic mass is 9.65. The SMILES string of the molecule is COC(=O)C/C=C(\C)C(=O)C(C)C/C=C/C1CC(C(Cc2ccccc2)NC=O)C(C)C2(C)OC12. The molecule has 6 heteroatoms. The van der Waals surface area contributed by atoms with Gasteiger partial charge in [0.05, 0.1) is 25.2 Å². The standard InChI is InChI=1S/C29H39NO5/c1-19(27(33)20(2)14-15-26(32)34-5)10-9-13-23-17-24(21(3)29(4)28(23)35-29)25(30-18-31)16-22-11-7-6-8-12-22/h6-9,11-14,18-19,21,23-25,28H,10,15-17H2,1-5H3,(H,30,31)/b13-9+,20-14+. The summed E-state index contributed by atoms with van der Waals surface area (Å²) < 4.78 is 10.9. The number of epoxide rings is 1. The maximum Gasteiger partial charge on any atom is 0.309 e. The molecule has 7 unspecified atom stereocenters. The number of fused-ring (bicyclic) bond motifs is 1. The Kier molecular flexibility index (Phi) is 9.06. The lowest BCUT2D eigenvalue weighted by Gasteiger charge is -2.39. The minimum atomic E-state index is -0.354. The van der Waals surface area contributed by atoms with Crippen LogP contribution in [0.2, 0.25) is 0 Å². The molecule has 1 heterocycles. The second-order valence-corrected chi connectivity index (χ2v) is 10.3. The quantitative estimate of drug-likeness (QED) is 0.157. The zero-order valence-electron chi connectivity index (χ0n) is 21.5. The van der Waals surface area contributed by atoms with E-state index in [0.29, 0.717) is 17.9 Å². The van der Waals surface area contributed by atoms with Gasteiger partial charge in [0.25, 0.3) is 0 Å². The summed E-state index contributed by atoms with van der Waals surface area (Å²) in [6.07, 6.45) is 9.37. The van der Waals surface area contributed by atoms with Crippen molar-refractivity contribution >= 4 is 18.2 Å². The molecule has 0 spiro atoms. The van der Waals surface area contributed by atoms with Crippen LogP contribution < -0.4 is 5.32 Å². The average Bonchev–Trinajstić information content (AvgIpc) is 3.57. The maximum atomic E-state index is 12.7. The number of rotatable bonds is 12. The topological polar surface area (TPSA) is 85.0 Å². The molecule has 1 N–H and O–H groups in total. The number of esters is 1. The normalized spacial score (nSPS) is 29.7. The van der Waals surface area contributed by atoms with Gasteiger partial charge < -0.3 is 14.8 Å². The molecule has 2 fully saturated rings.